The molecule has 24 heavy (non-hydrogen) atoms. The van der Waals surface area contributed by atoms with Crippen LogP contribution in [0.2, 0.25) is 0 Å². The molecule has 140 valence electrons. The molecule has 5 nitrogen and oxygen atoms in total. The fraction of sp³-hybridized carbons (Fsp3) is 1.00. The van der Waals surface area contributed by atoms with E-state index in [-0.39, 0.29) is 18.3 Å². The molecule has 2 saturated carbocycles. The van der Waals surface area contributed by atoms with E-state index in [4.69, 9.17) is 18.9 Å². The summed E-state index contributed by atoms with van der Waals surface area (Å²) in [7, 11) is 1.75. The van der Waals surface area contributed by atoms with Gasteiger partial charge in [-0.05, 0) is 50.9 Å². The summed E-state index contributed by atoms with van der Waals surface area (Å²) in [6, 6.07) is 0. The SMILES string of the molecule is COC1COC(COC2CCCC(COC3CCC(O)CC3)C2)C1. The fourth-order valence-corrected chi connectivity index (χ4v) is 4.23. The van der Waals surface area contributed by atoms with E-state index >= 15 is 0 Å². The van der Waals surface area contributed by atoms with Crippen LogP contribution in [-0.4, -0.2) is 62.6 Å². The van der Waals surface area contributed by atoms with Crippen molar-refractivity contribution in [2.75, 3.05) is 26.9 Å². The van der Waals surface area contributed by atoms with E-state index in [0.29, 0.717) is 31.3 Å². The lowest BCUT2D eigenvalue weighted by Gasteiger charge is -2.32. The molecule has 0 spiro atoms. The molecule has 1 aliphatic heterocycles. The molecule has 4 unspecified atom stereocenters. The minimum absolute atomic E-state index is 0.104. The minimum Gasteiger partial charge on any atom is -0.393 e. The van der Waals surface area contributed by atoms with Crippen LogP contribution in [0.4, 0.5) is 0 Å². The van der Waals surface area contributed by atoms with Gasteiger partial charge < -0.3 is 24.1 Å². The van der Waals surface area contributed by atoms with E-state index < -0.39 is 0 Å². The first kappa shape index (κ1) is 18.6. The van der Waals surface area contributed by atoms with Crippen LogP contribution in [-0.2, 0) is 18.9 Å². The van der Waals surface area contributed by atoms with Gasteiger partial charge in [0.2, 0.25) is 0 Å². The van der Waals surface area contributed by atoms with Gasteiger partial charge in [0.25, 0.3) is 0 Å². The van der Waals surface area contributed by atoms with Gasteiger partial charge in [-0.25, -0.2) is 0 Å². The maximum Gasteiger partial charge on any atom is 0.0835 e. The molecule has 1 saturated heterocycles. The van der Waals surface area contributed by atoms with Gasteiger partial charge in [-0.2, -0.15) is 0 Å². The lowest BCUT2D eigenvalue weighted by molar-refractivity contribution is -0.0614. The van der Waals surface area contributed by atoms with Gasteiger partial charge >= 0.3 is 0 Å². The third kappa shape index (κ3) is 5.67. The number of methoxy groups -OCH3 is 1. The molecule has 0 radical (unpaired) electrons. The zero-order valence-electron chi connectivity index (χ0n) is 15.0. The normalized spacial score (nSPS) is 40.8. The first-order valence-electron chi connectivity index (χ1n) is 9.78. The number of rotatable bonds is 7. The summed E-state index contributed by atoms with van der Waals surface area (Å²) < 4.78 is 23.3. The van der Waals surface area contributed by atoms with E-state index in [1.165, 1.54) is 12.8 Å². The number of aliphatic hydroxyl groups excluding tert-OH is 1. The Morgan fingerprint density at radius 1 is 0.875 bits per heavy atom. The molecule has 4 atom stereocenters. The van der Waals surface area contributed by atoms with Crippen LogP contribution in [0.15, 0.2) is 0 Å². The Kier molecular flexibility index (Phi) is 7.35. The van der Waals surface area contributed by atoms with E-state index in [9.17, 15) is 5.11 Å². The first-order chi connectivity index (χ1) is 11.7. The molecule has 2 aliphatic carbocycles. The molecule has 3 aliphatic rings. The molecule has 1 N–H and O–H groups in total. The Morgan fingerprint density at radius 2 is 1.67 bits per heavy atom. The Labute approximate surface area is 146 Å². The Balaban J connectivity index is 1.31. The van der Waals surface area contributed by atoms with Crippen molar-refractivity contribution in [3.63, 3.8) is 0 Å². The van der Waals surface area contributed by atoms with Gasteiger partial charge in [0.1, 0.15) is 0 Å². The predicted molar refractivity (Wildman–Crippen MR) is 91.1 cm³/mol. The second-order valence-electron chi connectivity index (χ2n) is 7.80. The third-order valence-corrected chi connectivity index (χ3v) is 5.84. The highest BCUT2D eigenvalue weighted by Gasteiger charge is 2.29. The van der Waals surface area contributed by atoms with Crippen LogP contribution >= 0.6 is 0 Å². The third-order valence-electron chi connectivity index (χ3n) is 5.84. The Hall–Kier alpha value is -0.200. The standard InChI is InChI=1S/C19H34O5/c1-21-18-10-19(24-12-18)13-23-17-4-2-3-14(9-17)11-22-16-7-5-15(20)6-8-16/h14-20H,2-13H2,1H3. The molecule has 1 heterocycles. The lowest BCUT2D eigenvalue weighted by Crippen LogP contribution is -2.31. The van der Waals surface area contributed by atoms with Gasteiger partial charge in [-0.15, -0.1) is 0 Å². The summed E-state index contributed by atoms with van der Waals surface area (Å²) in [4.78, 5) is 0. The summed E-state index contributed by atoms with van der Waals surface area (Å²) in [5.74, 6) is 0.617. The fourth-order valence-electron chi connectivity index (χ4n) is 4.23. The highest BCUT2D eigenvalue weighted by Crippen LogP contribution is 2.29. The van der Waals surface area contributed by atoms with Crippen LogP contribution in [0.5, 0.6) is 0 Å². The van der Waals surface area contributed by atoms with E-state index in [2.05, 4.69) is 0 Å². The van der Waals surface area contributed by atoms with E-state index in [0.717, 1.165) is 51.6 Å². The Bertz CT molecular complexity index is 344. The van der Waals surface area contributed by atoms with Crippen molar-refractivity contribution < 1.29 is 24.1 Å². The van der Waals surface area contributed by atoms with Gasteiger partial charge in [0.05, 0.1) is 43.7 Å². The molecule has 0 aromatic rings. The summed E-state index contributed by atoms with van der Waals surface area (Å²) >= 11 is 0. The molecular weight excluding hydrogens is 308 g/mol. The second kappa shape index (κ2) is 9.48. The highest BCUT2D eigenvalue weighted by molar-refractivity contribution is 4.78. The summed E-state index contributed by atoms with van der Waals surface area (Å²) in [6.45, 7) is 2.24. The monoisotopic (exact) mass is 342 g/mol. The Morgan fingerprint density at radius 3 is 2.42 bits per heavy atom. The van der Waals surface area contributed by atoms with Crippen molar-refractivity contribution in [3.8, 4) is 0 Å². The van der Waals surface area contributed by atoms with Gasteiger partial charge in [0, 0.05) is 20.1 Å². The van der Waals surface area contributed by atoms with Crippen molar-refractivity contribution in [2.24, 2.45) is 5.92 Å². The molecule has 0 bridgehead atoms. The van der Waals surface area contributed by atoms with Crippen LogP contribution in [0, 0.1) is 5.92 Å². The summed E-state index contributed by atoms with van der Waals surface area (Å²) in [6.07, 6.45) is 10.5. The number of hydrogen-bond acceptors (Lipinski definition) is 5. The van der Waals surface area contributed by atoms with Crippen LogP contribution in [0.25, 0.3) is 0 Å². The summed E-state index contributed by atoms with van der Waals surface area (Å²) in [5.41, 5.74) is 0. The van der Waals surface area contributed by atoms with Gasteiger partial charge in [-0.3, -0.25) is 0 Å². The minimum atomic E-state index is -0.104. The lowest BCUT2D eigenvalue weighted by atomic mass is 9.87. The molecule has 0 aromatic heterocycles. The smallest absolute Gasteiger partial charge is 0.0835 e. The van der Waals surface area contributed by atoms with Crippen LogP contribution in [0.3, 0.4) is 0 Å². The first-order valence-corrected chi connectivity index (χ1v) is 9.78. The van der Waals surface area contributed by atoms with Crippen molar-refractivity contribution in [2.45, 2.75) is 88.3 Å². The molecule has 0 aromatic carbocycles. The largest absolute Gasteiger partial charge is 0.393 e. The topological polar surface area (TPSA) is 57.2 Å². The van der Waals surface area contributed by atoms with Crippen molar-refractivity contribution >= 4 is 0 Å². The molecular formula is C19H34O5. The quantitative estimate of drug-likeness (QED) is 0.771. The van der Waals surface area contributed by atoms with Crippen molar-refractivity contribution in [1.82, 2.24) is 0 Å². The van der Waals surface area contributed by atoms with Crippen molar-refractivity contribution in [3.05, 3.63) is 0 Å². The van der Waals surface area contributed by atoms with Gasteiger partial charge in [0.15, 0.2) is 0 Å². The van der Waals surface area contributed by atoms with Gasteiger partial charge in [-0.1, -0.05) is 6.42 Å². The van der Waals surface area contributed by atoms with E-state index in [1.54, 1.807) is 7.11 Å². The van der Waals surface area contributed by atoms with E-state index in [1.807, 2.05) is 0 Å². The molecule has 5 heteroatoms. The zero-order chi connectivity index (χ0) is 16.8. The average molecular weight is 342 g/mol. The molecule has 3 rings (SSSR count). The second-order valence-corrected chi connectivity index (χ2v) is 7.80. The predicted octanol–water partition coefficient (Wildman–Crippen LogP) is 2.69. The summed E-state index contributed by atoms with van der Waals surface area (Å²) in [5, 5.41) is 9.57. The van der Waals surface area contributed by atoms with Crippen molar-refractivity contribution in [1.29, 1.82) is 0 Å². The molecule has 0 amide bonds. The maximum absolute atomic E-state index is 9.57. The average Bonchev–Trinajstić information content (AvgIpc) is 3.08. The van der Waals surface area contributed by atoms with Crippen LogP contribution < -0.4 is 0 Å². The molecule has 3 fully saturated rings. The van der Waals surface area contributed by atoms with Crippen LogP contribution in [0.1, 0.15) is 57.8 Å². The number of ether oxygens (including phenoxy) is 4. The zero-order valence-corrected chi connectivity index (χ0v) is 15.0. The maximum atomic E-state index is 9.57. The number of hydrogen-bond donors (Lipinski definition) is 1. The highest BCUT2D eigenvalue weighted by atomic mass is 16.6. The number of aliphatic hydroxyl groups is 1.